The minimum absolute atomic E-state index is 0.0190. The lowest BCUT2D eigenvalue weighted by Crippen LogP contribution is -2.25. The van der Waals surface area contributed by atoms with Crippen LogP contribution in [0.5, 0.6) is 0 Å². The van der Waals surface area contributed by atoms with Gasteiger partial charge in [0.15, 0.2) is 5.69 Å². The van der Waals surface area contributed by atoms with E-state index >= 15 is 0 Å². The monoisotopic (exact) mass is 295 g/mol. The van der Waals surface area contributed by atoms with Crippen molar-refractivity contribution in [1.82, 2.24) is 15.5 Å². The fourth-order valence-corrected chi connectivity index (χ4v) is 2.32. The smallest absolute Gasteiger partial charge is 0.271 e. The molecule has 2 aromatic rings. The summed E-state index contributed by atoms with van der Waals surface area (Å²) in [6.07, 6.45) is 0.702. The molecule has 0 saturated carbocycles. The topological polar surface area (TPSA) is 87.2 Å². The third kappa shape index (κ3) is 4.16. The third-order valence-corrected chi connectivity index (χ3v) is 3.49. The second-order valence-electron chi connectivity index (χ2n) is 4.09. The predicted molar refractivity (Wildman–Crippen MR) is 76.8 cm³/mol. The van der Waals surface area contributed by atoms with E-state index in [2.05, 4.69) is 15.5 Å². The molecule has 0 bridgehead atoms. The minimum Gasteiger partial charge on any atom is -0.394 e. The highest BCUT2D eigenvalue weighted by molar-refractivity contribution is 7.13. The number of nitrogens with one attached hydrogen (secondary N) is 2. The first kappa shape index (κ1) is 14.7. The number of hydrogen-bond donors (Lipinski definition) is 3. The lowest BCUT2D eigenvalue weighted by Gasteiger charge is -2.03. The van der Waals surface area contributed by atoms with Crippen LogP contribution in [-0.2, 0) is 4.74 Å². The molecule has 0 spiro atoms. The van der Waals surface area contributed by atoms with Gasteiger partial charge >= 0.3 is 0 Å². The Kier molecular flexibility index (Phi) is 5.72. The number of rotatable bonds is 8. The largest absolute Gasteiger partial charge is 0.394 e. The zero-order valence-electron chi connectivity index (χ0n) is 11.0. The van der Waals surface area contributed by atoms with Crippen molar-refractivity contribution in [2.24, 2.45) is 0 Å². The quantitative estimate of drug-likeness (QED) is 0.640. The van der Waals surface area contributed by atoms with Gasteiger partial charge in [0.1, 0.15) is 0 Å². The van der Waals surface area contributed by atoms with Crippen molar-refractivity contribution in [2.75, 3.05) is 26.4 Å². The van der Waals surface area contributed by atoms with Crippen LogP contribution in [0.4, 0.5) is 0 Å². The SMILES string of the molecule is O=C(NCCCOCCO)c1cc(-c2cccs2)[nH]n1. The van der Waals surface area contributed by atoms with E-state index in [-0.39, 0.29) is 12.5 Å². The van der Waals surface area contributed by atoms with Crippen molar-refractivity contribution in [1.29, 1.82) is 0 Å². The molecular weight excluding hydrogens is 278 g/mol. The fourth-order valence-electron chi connectivity index (χ4n) is 1.63. The van der Waals surface area contributed by atoms with E-state index in [9.17, 15) is 4.79 Å². The van der Waals surface area contributed by atoms with Gasteiger partial charge in [-0.3, -0.25) is 9.89 Å². The van der Waals surface area contributed by atoms with Crippen LogP contribution in [0.25, 0.3) is 10.6 Å². The molecule has 2 aromatic heterocycles. The van der Waals surface area contributed by atoms with Crippen LogP contribution in [-0.4, -0.2) is 47.6 Å². The number of carbonyl (C=O) groups excluding carboxylic acids is 1. The van der Waals surface area contributed by atoms with Gasteiger partial charge in [0.25, 0.3) is 5.91 Å². The Balaban J connectivity index is 1.76. The molecule has 7 heteroatoms. The number of aromatic amines is 1. The van der Waals surface area contributed by atoms with Crippen LogP contribution in [0.15, 0.2) is 23.6 Å². The van der Waals surface area contributed by atoms with Crippen LogP contribution in [0.2, 0.25) is 0 Å². The van der Waals surface area contributed by atoms with Crippen molar-refractivity contribution in [2.45, 2.75) is 6.42 Å². The van der Waals surface area contributed by atoms with Gasteiger partial charge in [-0.05, 0) is 23.9 Å². The Labute approximate surface area is 120 Å². The van der Waals surface area contributed by atoms with Crippen molar-refractivity contribution < 1.29 is 14.6 Å². The molecule has 0 saturated heterocycles. The summed E-state index contributed by atoms with van der Waals surface area (Å²) >= 11 is 1.59. The van der Waals surface area contributed by atoms with E-state index in [1.54, 1.807) is 17.4 Å². The zero-order valence-corrected chi connectivity index (χ0v) is 11.8. The zero-order chi connectivity index (χ0) is 14.2. The molecule has 2 heterocycles. The molecule has 0 atom stereocenters. The highest BCUT2D eigenvalue weighted by atomic mass is 32.1. The summed E-state index contributed by atoms with van der Waals surface area (Å²) < 4.78 is 5.10. The first-order valence-electron chi connectivity index (χ1n) is 6.37. The van der Waals surface area contributed by atoms with E-state index in [0.29, 0.717) is 31.9 Å². The first-order chi connectivity index (χ1) is 9.81. The Morgan fingerprint density at radius 2 is 2.40 bits per heavy atom. The highest BCUT2D eigenvalue weighted by Gasteiger charge is 2.11. The van der Waals surface area contributed by atoms with Gasteiger partial charge < -0.3 is 15.2 Å². The Morgan fingerprint density at radius 1 is 1.50 bits per heavy atom. The van der Waals surface area contributed by atoms with Crippen LogP contribution in [0, 0.1) is 0 Å². The highest BCUT2D eigenvalue weighted by Crippen LogP contribution is 2.22. The van der Waals surface area contributed by atoms with E-state index < -0.39 is 0 Å². The molecule has 2 rings (SSSR count). The lowest BCUT2D eigenvalue weighted by molar-refractivity contribution is 0.0865. The fraction of sp³-hybridized carbons (Fsp3) is 0.385. The molecule has 0 aliphatic heterocycles. The van der Waals surface area contributed by atoms with Crippen molar-refractivity contribution in [3.05, 3.63) is 29.3 Å². The molecule has 0 aliphatic rings. The first-order valence-corrected chi connectivity index (χ1v) is 7.25. The lowest BCUT2D eigenvalue weighted by atomic mass is 10.3. The summed E-state index contributed by atoms with van der Waals surface area (Å²) in [4.78, 5) is 12.9. The predicted octanol–water partition coefficient (Wildman–Crippen LogP) is 1.27. The van der Waals surface area contributed by atoms with E-state index in [1.165, 1.54) is 0 Å². The van der Waals surface area contributed by atoms with E-state index in [0.717, 1.165) is 10.6 Å². The second-order valence-corrected chi connectivity index (χ2v) is 5.04. The Hall–Kier alpha value is -1.70. The van der Waals surface area contributed by atoms with Crippen molar-refractivity contribution in [3.63, 3.8) is 0 Å². The van der Waals surface area contributed by atoms with Gasteiger partial charge in [0.2, 0.25) is 0 Å². The molecule has 1 amide bonds. The van der Waals surface area contributed by atoms with Gasteiger partial charge in [0, 0.05) is 13.2 Å². The van der Waals surface area contributed by atoms with Crippen molar-refractivity contribution >= 4 is 17.2 Å². The average Bonchev–Trinajstić information content (AvgIpc) is 3.12. The number of aromatic nitrogens is 2. The third-order valence-electron chi connectivity index (χ3n) is 2.58. The van der Waals surface area contributed by atoms with E-state index in [1.807, 2.05) is 17.5 Å². The van der Waals surface area contributed by atoms with Crippen LogP contribution >= 0.6 is 11.3 Å². The van der Waals surface area contributed by atoms with E-state index in [4.69, 9.17) is 9.84 Å². The Bertz CT molecular complexity index is 525. The summed E-state index contributed by atoms with van der Waals surface area (Å²) in [5.74, 6) is -0.203. The number of amides is 1. The van der Waals surface area contributed by atoms with Crippen LogP contribution < -0.4 is 5.32 Å². The molecule has 0 unspecified atom stereocenters. The number of ether oxygens (including phenoxy) is 1. The summed E-state index contributed by atoms with van der Waals surface area (Å²) in [6, 6.07) is 5.66. The standard InChI is InChI=1S/C13H17N3O3S/c17-5-7-19-6-2-4-14-13(18)11-9-10(15-16-11)12-3-1-8-20-12/h1,3,8-9,17H,2,4-7H2,(H,14,18)(H,15,16). The number of hydrogen-bond acceptors (Lipinski definition) is 5. The summed E-state index contributed by atoms with van der Waals surface area (Å²) in [7, 11) is 0. The molecule has 0 radical (unpaired) electrons. The molecule has 6 nitrogen and oxygen atoms in total. The summed E-state index contributed by atoms with van der Waals surface area (Å²) in [6.45, 7) is 1.38. The maximum Gasteiger partial charge on any atom is 0.271 e. The second kappa shape index (κ2) is 7.78. The molecule has 0 aromatic carbocycles. The normalized spacial score (nSPS) is 10.7. The number of aliphatic hydroxyl groups excluding tert-OH is 1. The maximum atomic E-state index is 11.8. The molecular formula is C13H17N3O3S. The van der Waals surface area contributed by atoms with Gasteiger partial charge in [-0.25, -0.2) is 0 Å². The number of aliphatic hydroxyl groups is 1. The molecule has 20 heavy (non-hydrogen) atoms. The molecule has 0 aliphatic carbocycles. The number of carbonyl (C=O) groups is 1. The number of nitrogens with zero attached hydrogens (tertiary/aromatic N) is 1. The van der Waals surface area contributed by atoms with Gasteiger partial charge in [0.05, 0.1) is 23.8 Å². The molecule has 108 valence electrons. The van der Waals surface area contributed by atoms with Crippen LogP contribution in [0.3, 0.4) is 0 Å². The average molecular weight is 295 g/mol. The Morgan fingerprint density at radius 3 is 3.15 bits per heavy atom. The van der Waals surface area contributed by atoms with Crippen molar-refractivity contribution in [3.8, 4) is 10.6 Å². The number of H-pyrrole nitrogens is 1. The number of thiophene rings is 1. The summed E-state index contributed by atoms with van der Waals surface area (Å²) in [5.41, 5.74) is 1.22. The van der Waals surface area contributed by atoms with Gasteiger partial charge in [-0.15, -0.1) is 11.3 Å². The van der Waals surface area contributed by atoms with Gasteiger partial charge in [-0.2, -0.15) is 5.10 Å². The van der Waals surface area contributed by atoms with Crippen LogP contribution in [0.1, 0.15) is 16.9 Å². The molecule has 0 fully saturated rings. The van der Waals surface area contributed by atoms with Gasteiger partial charge in [-0.1, -0.05) is 6.07 Å². The minimum atomic E-state index is -0.203. The maximum absolute atomic E-state index is 11.8. The molecule has 3 N–H and O–H groups in total. The summed E-state index contributed by atoms with van der Waals surface area (Å²) in [5, 5.41) is 20.1.